The second kappa shape index (κ2) is 5.90. The van der Waals surface area contributed by atoms with Gasteiger partial charge in [0.25, 0.3) is 0 Å². The van der Waals surface area contributed by atoms with Crippen LogP contribution in [-0.2, 0) is 17.8 Å². The summed E-state index contributed by atoms with van der Waals surface area (Å²) >= 11 is 0. The van der Waals surface area contributed by atoms with Gasteiger partial charge in [0, 0.05) is 19.5 Å². The Morgan fingerprint density at radius 3 is 2.68 bits per heavy atom. The minimum Gasteiger partial charge on any atom is -0.379 e. The molecular formula is C13H17N5O. The molecular weight excluding hydrogens is 242 g/mol. The first kappa shape index (κ1) is 12.3. The fourth-order valence-electron chi connectivity index (χ4n) is 2.11. The minimum atomic E-state index is 0.686. The number of hydrogen-bond donors (Lipinski definition) is 0. The second-order valence-corrected chi connectivity index (χ2v) is 4.61. The first-order chi connectivity index (χ1) is 9.40. The third-order valence-electron chi connectivity index (χ3n) is 3.13. The van der Waals surface area contributed by atoms with E-state index >= 15 is 0 Å². The molecule has 2 aromatic rings. The van der Waals surface area contributed by atoms with E-state index in [9.17, 15) is 0 Å². The summed E-state index contributed by atoms with van der Waals surface area (Å²) in [6.07, 6.45) is 0.726. The molecule has 0 bridgehead atoms. The Hall–Kier alpha value is -1.79. The summed E-state index contributed by atoms with van der Waals surface area (Å²) in [5.74, 6) is 0.763. The molecule has 1 fully saturated rings. The van der Waals surface area contributed by atoms with Gasteiger partial charge in [0.1, 0.15) is 6.67 Å². The Bertz CT molecular complexity index is 507. The van der Waals surface area contributed by atoms with Gasteiger partial charge >= 0.3 is 0 Å². The Kier molecular flexibility index (Phi) is 3.81. The molecule has 19 heavy (non-hydrogen) atoms. The molecule has 6 heteroatoms. The van der Waals surface area contributed by atoms with Gasteiger partial charge in [0.05, 0.1) is 13.2 Å². The molecule has 0 radical (unpaired) electrons. The lowest BCUT2D eigenvalue weighted by Crippen LogP contribution is -2.38. The van der Waals surface area contributed by atoms with E-state index in [0.29, 0.717) is 6.67 Å². The molecule has 2 heterocycles. The molecule has 3 rings (SSSR count). The number of tetrazole rings is 1. The molecule has 1 aliphatic rings. The number of nitrogens with zero attached hydrogens (tertiary/aromatic N) is 5. The second-order valence-electron chi connectivity index (χ2n) is 4.61. The van der Waals surface area contributed by atoms with Crippen molar-refractivity contribution in [2.75, 3.05) is 26.3 Å². The van der Waals surface area contributed by atoms with Crippen LogP contribution in [0.25, 0.3) is 0 Å². The van der Waals surface area contributed by atoms with E-state index in [0.717, 1.165) is 38.5 Å². The van der Waals surface area contributed by atoms with Crippen molar-refractivity contribution < 1.29 is 4.74 Å². The van der Waals surface area contributed by atoms with Crippen LogP contribution in [0.4, 0.5) is 0 Å². The molecule has 1 saturated heterocycles. The first-order valence-electron chi connectivity index (χ1n) is 6.51. The SMILES string of the molecule is c1ccc(Cc2nnn(CN3CCOCC3)n2)cc1. The molecule has 1 aromatic heterocycles. The van der Waals surface area contributed by atoms with Crippen molar-refractivity contribution in [1.29, 1.82) is 0 Å². The smallest absolute Gasteiger partial charge is 0.179 e. The Labute approximate surface area is 112 Å². The highest BCUT2D eigenvalue weighted by atomic mass is 16.5. The molecule has 0 spiro atoms. The molecule has 0 N–H and O–H groups in total. The van der Waals surface area contributed by atoms with E-state index < -0.39 is 0 Å². The first-order valence-corrected chi connectivity index (χ1v) is 6.51. The van der Waals surface area contributed by atoms with Crippen molar-refractivity contribution in [1.82, 2.24) is 25.1 Å². The van der Waals surface area contributed by atoms with E-state index in [1.165, 1.54) is 5.56 Å². The van der Waals surface area contributed by atoms with E-state index in [2.05, 4.69) is 32.4 Å². The van der Waals surface area contributed by atoms with Crippen LogP contribution in [0.3, 0.4) is 0 Å². The van der Waals surface area contributed by atoms with Crippen LogP contribution < -0.4 is 0 Å². The van der Waals surface area contributed by atoms with Crippen molar-refractivity contribution in [3.05, 3.63) is 41.7 Å². The Morgan fingerprint density at radius 1 is 1.11 bits per heavy atom. The van der Waals surface area contributed by atoms with Gasteiger partial charge in [-0.15, -0.1) is 15.0 Å². The van der Waals surface area contributed by atoms with E-state index in [-0.39, 0.29) is 0 Å². The lowest BCUT2D eigenvalue weighted by molar-refractivity contribution is 0.0184. The highest BCUT2D eigenvalue weighted by molar-refractivity contribution is 5.17. The normalized spacial score (nSPS) is 16.6. The monoisotopic (exact) mass is 259 g/mol. The van der Waals surface area contributed by atoms with Crippen LogP contribution >= 0.6 is 0 Å². The molecule has 0 atom stereocenters. The maximum absolute atomic E-state index is 5.31. The average molecular weight is 259 g/mol. The van der Waals surface area contributed by atoms with Crippen molar-refractivity contribution in [2.45, 2.75) is 13.1 Å². The predicted octanol–water partition coefficient (Wildman–Crippen LogP) is 0.554. The van der Waals surface area contributed by atoms with Gasteiger partial charge in [-0.25, -0.2) is 0 Å². The summed E-state index contributed by atoms with van der Waals surface area (Å²) < 4.78 is 5.31. The highest BCUT2D eigenvalue weighted by Gasteiger charge is 2.12. The van der Waals surface area contributed by atoms with E-state index in [4.69, 9.17) is 4.74 Å². The van der Waals surface area contributed by atoms with Gasteiger partial charge in [-0.3, -0.25) is 4.90 Å². The number of aromatic nitrogens is 4. The maximum atomic E-state index is 5.31. The van der Waals surface area contributed by atoms with Crippen molar-refractivity contribution >= 4 is 0 Å². The maximum Gasteiger partial charge on any atom is 0.179 e. The lowest BCUT2D eigenvalue weighted by atomic mass is 10.1. The van der Waals surface area contributed by atoms with Crippen LogP contribution in [0.2, 0.25) is 0 Å². The van der Waals surface area contributed by atoms with Crippen LogP contribution in [0.5, 0.6) is 0 Å². The molecule has 0 aliphatic carbocycles. The summed E-state index contributed by atoms with van der Waals surface area (Å²) in [4.78, 5) is 3.92. The average Bonchev–Trinajstić information content (AvgIpc) is 2.88. The largest absolute Gasteiger partial charge is 0.379 e. The Balaban J connectivity index is 1.59. The predicted molar refractivity (Wildman–Crippen MR) is 69.5 cm³/mol. The van der Waals surface area contributed by atoms with Crippen LogP contribution in [0, 0.1) is 0 Å². The highest BCUT2D eigenvalue weighted by Crippen LogP contribution is 2.04. The number of hydrogen-bond acceptors (Lipinski definition) is 5. The summed E-state index contributed by atoms with van der Waals surface area (Å²) in [6.45, 7) is 4.10. The molecule has 6 nitrogen and oxygen atoms in total. The van der Waals surface area contributed by atoms with Crippen LogP contribution in [0.15, 0.2) is 30.3 Å². The minimum absolute atomic E-state index is 0.686. The standard InChI is InChI=1S/C13H17N5O/c1-2-4-12(5-3-1)10-13-14-16-18(15-13)11-17-6-8-19-9-7-17/h1-5H,6-11H2. The molecule has 0 amide bonds. The van der Waals surface area contributed by atoms with Gasteiger partial charge in [0.2, 0.25) is 0 Å². The number of ether oxygens (including phenoxy) is 1. The van der Waals surface area contributed by atoms with Gasteiger partial charge in [-0.1, -0.05) is 30.3 Å². The molecule has 1 aromatic carbocycles. The zero-order valence-electron chi connectivity index (χ0n) is 10.8. The number of morpholine rings is 1. The number of rotatable bonds is 4. The van der Waals surface area contributed by atoms with Crippen LogP contribution in [-0.4, -0.2) is 51.4 Å². The van der Waals surface area contributed by atoms with Crippen molar-refractivity contribution in [2.24, 2.45) is 0 Å². The Morgan fingerprint density at radius 2 is 1.89 bits per heavy atom. The molecule has 0 unspecified atom stereocenters. The molecule has 100 valence electrons. The molecule has 1 aliphatic heterocycles. The van der Waals surface area contributed by atoms with Gasteiger partial charge in [0.15, 0.2) is 5.82 Å². The van der Waals surface area contributed by atoms with E-state index in [1.807, 2.05) is 18.2 Å². The lowest BCUT2D eigenvalue weighted by Gasteiger charge is -2.25. The van der Waals surface area contributed by atoms with Gasteiger partial charge in [-0.05, 0) is 10.8 Å². The number of benzene rings is 1. The summed E-state index contributed by atoms with van der Waals surface area (Å²) in [5.41, 5.74) is 1.20. The van der Waals surface area contributed by atoms with Crippen molar-refractivity contribution in [3.8, 4) is 0 Å². The zero-order valence-corrected chi connectivity index (χ0v) is 10.8. The van der Waals surface area contributed by atoms with Gasteiger partial charge in [-0.2, -0.15) is 0 Å². The zero-order chi connectivity index (χ0) is 12.9. The fraction of sp³-hybridized carbons (Fsp3) is 0.462. The molecule has 0 saturated carbocycles. The summed E-state index contributed by atoms with van der Waals surface area (Å²) in [7, 11) is 0. The van der Waals surface area contributed by atoms with Crippen molar-refractivity contribution in [3.63, 3.8) is 0 Å². The summed E-state index contributed by atoms with van der Waals surface area (Å²) in [5, 5.41) is 12.6. The quantitative estimate of drug-likeness (QED) is 0.802. The topological polar surface area (TPSA) is 56.1 Å². The van der Waals surface area contributed by atoms with E-state index in [1.54, 1.807) is 4.80 Å². The van der Waals surface area contributed by atoms with Gasteiger partial charge < -0.3 is 4.74 Å². The van der Waals surface area contributed by atoms with Crippen LogP contribution in [0.1, 0.15) is 11.4 Å². The third-order valence-corrected chi connectivity index (χ3v) is 3.13. The fourth-order valence-corrected chi connectivity index (χ4v) is 2.11. The third kappa shape index (κ3) is 3.36. The summed E-state index contributed by atoms with van der Waals surface area (Å²) in [6, 6.07) is 10.2.